The van der Waals surface area contributed by atoms with Gasteiger partial charge < -0.3 is 0 Å². The van der Waals surface area contributed by atoms with Gasteiger partial charge in [0.25, 0.3) is 5.92 Å². The minimum absolute atomic E-state index is 0. The molecular weight excluding hydrogens is 326 g/mol. The lowest BCUT2D eigenvalue weighted by molar-refractivity contribution is 0.0510. The first kappa shape index (κ1) is 28.1. The first-order chi connectivity index (χ1) is 10.2. The summed E-state index contributed by atoms with van der Waals surface area (Å²) in [5.74, 6) is -1.39. The predicted octanol–water partition coefficient (Wildman–Crippen LogP) is 8.95. The van der Waals surface area contributed by atoms with Crippen molar-refractivity contribution in [3.05, 3.63) is 0 Å². The summed E-state index contributed by atoms with van der Waals surface area (Å²) in [5, 5.41) is 0. The van der Waals surface area contributed by atoms with Crippen LogP contribution in [-0.2, 0) is 0 Å². The second-order valence-corrected chi connectivity index (χ2v) is 12.5. The lowest BCUT2D eigenvalue weighted by Crippen LogP contribution is -2.16. The molecule has 0 amide bonds. The molecule has 0 radical (unpaired) electrons. The molecule has 2 saturated carbocycles. The smallest absolute Gasteiger partial charge is 0.206 e. The van der Waals surface area contributed by atoms with E-state index < -0.39 is 17.8 Å². The monoisotopic (exact) mass is 376 g/mol. The van der Waals surface area contributed by atoms with Crippen molar-refractivity contribution in [3.8, 4) is 0 Å². The molecule has 160 valence electrons. The third-order valence-electron chi connectivity index (χ3n) is 5.93. The molecular formula is C24H50F2. The third-order valence-corrected chi connectivity index (χ3v) is 5.93. The number of halogens is 2. The van der Waals surface area contributed by atoms with Crippen LogP contribution in [-0.4, -0.2) is 5.92 Å². The highest BCUT2D eigenvalue weighted by atomic mass is 19.3. The molecule has 0 nitrogen and oxygen atoms in total. The van der Waals surface area contributed by atoms with Crippen molar-refractivity contribution in [3.63, 3.8) is 0 Å². The summed E-state index contributed by atoms with van der Waals surface area (Å²) in [5.41, 5.74) is 0.527. The first-order valence-corrected chi connectivity index (χ1v) is 9.59. The first-order valence-electron chi connectivity index (χ1n) is 9.59. The van der Waals surface area contributed by atoms with Crippen LogP contribution in [0.1, 0.15) is 104 Å². The summed E-state index contributed by atoms with van der Waals surface area (Å²) in [4.78, 5) is 0. The molecule has 4 unspecified atom stereocenters. The highest BCUT2D eigenvalue weighted by Gasteiger charge is 2.74. The van der Waals surface area contributed by atoms with Gasteiger partial charge in [0.2, 0.25) is 0 Å². The van der Waals surface area contributed by atoms with Crippen LogP contribution in [0, 0.1) is 45.3 Å². The quantitative estimate of drug-likeness (QED) is 0.396. The van der Waals surface area contributed by atoms with Crippen molar-refractivity contribution < 1.29 is 8.78 Å². The minimum atomic E-state index is -2.45. The van der Waals surface area contributed by atoms with Gasteiger partial charge in [0.05, 0.1) is 0 Å². The molecule has 2 fully saturated rings. The molecule has 0 spiro atoms. The second kappa shape index (κ2) is 7.70. The van der Waals surface area contributed by atoms with Crippen LogP contribution in [0.3, 0.4) is 0 Å². The molecule has 2 rings (SSSR count). The molecule has 4 atom stereocenters. The van der Waals surface area contributed by atoms with Crippen molar-refractivity contribution in [2.24, 2.45) is 45.3 Å². The topological polar surface area (TPSA) is 0 Å². The summed E-state index contributed by atoms with van der Waals surface area (Å²) < 4.78 is 26.9. The molecule has 0 aromatic rings. The highest BCUT2D eigenvalue weighted by Crippen LogP contribution is 2.68. The standard InChI is InChI=1S/C11H20F2.C11H22.2CH4/c1-9(2,3)7-8(10(4,5)6)11(7,12)13;1-10(2,3)8-7-9(8)11(4,5)6;;/h7-8H,1-6H3;8-9H,7H2,1-6H3;2*1H4. The van der Waals surface area contributed by atoms with E-state index in [-0.39, 0.29) is 25.7 Å². The van der Waals surface area contributed by atoms with Gasteiger partial charge in [-0.25, -0.2) is 8.78 Å². The molecule has 0 saturated heterocycles. The van der Waals surface area contributed by atoms with E-state index in [9.17, 15) is 8.78 Å². The summed E-state index contributed by atoms with van der Waals surface area (Å²) in [6, 6.07) is 0. The Morgan fingerprint density at radius 3 is 0.846 bits per heavy atom. The van der Waals surface area contributed by atoms with Crippen molar-refractivity contribution in [1.29, 1.82) is 0 Å². The van der Waals surface area contributed by atoms with Crippen LogP contribution in [0.25, 0.3) is 0 Å². The summed E-state index contributed by atoms with van der Waals surface area (Å²) >= 11 is 0. The van der Waals surface area contributed by atoms with Crippen LogP contribution in [0.4, 0.5) is 8.78 Å². The Bertz CT molecular complexity index is 395. The molecule has 2 aliphatic rings. The van der Waals surface area contributed by atoms with E-state index in [0.29, 0.717) is 10.8 Å². The van der Waals surface area contributed by atoms with E-state index in [1.165, 1.54) is 6.42 Å². The average Bonchev–Trinajstić information content (AvgIpc) is 3.04. The van der Waals surface area contributed by atoms with E-state index in [4.69, 9.17) is 0 Å². The average molecular weight is 377 g/mol. The molecule has 0 heterocycles. The molecule has 0 bridgehead atoms. The maximum atomic E-state index is 13.5. The Labute approximate surface area is 164 Å². The summed E-state index contributed by atoms with van der Waals surface area (Å²) in [7, 11) is 0. The Balaban J connectivity index is 0. The molecule has 2 heteroatoms. The molecule has 26 heavy (non-hydrogen) atoms. The van der Waals surface area contributed by atoms with Crippen LogP contribution in [0.5, 0.6) is 0 Å². The zero-order valence-corrected chi connectivity index (χ0v) is 18.3. The fourth-order valence-corrected chi connectivity index (χ4v) is 4.59. The molecule has 2 aliphatic carbocycles. The van der Waals surface area contributed by atoms with E-state index >= 15 is 0 Å². The number of alkyl halides is 2. The fourth-order valence-electron chi connectivity index (χ4n) is 4.59. The Morgan fingerprint density at radius 2 is 0.769 bits per heavy atom. The predicted molar refractivity (Wildman–Crippen MR) is 115 cm³/mol. The molecule has 0 N–H and O–H groups in total. The van der Waals surface area contributed by atoms with Gasteiger partial charge in [-0.15, -0.1) is 0 Å². The summed E-state index contributed by atoms with van der Waals surface area (Å²) in [6.45, 7) is 25.6. The van der Waals surface area contributed by atoms with Gasteiger partial charge in [-0.3, -0.25) is 0 Å². The number of hydrogen-bond acceptors (Lipinski definition) is 0. The van der Waals surface area contributed by atoms with Crippen molar-refractivity contribution in [2.75, 3.05) is 0 Å². The van der Waals surface area contributed by atoms with E-state index in [2.05, 4.69) is 41.5 Å². The second-order valence-electron chi connectivity index (χ2n) is 12.5. The Morgan fingerprint density at radius 1 is 0.538 bits per heavy atom. The van der Waals surface area contributed by atoms with Gasteiger partial charge in [0.15, 0.2) is 0 Å². The van der Waals surface area contributed by atoms with Gasteiger partial charge in [-0.05, 0) is 39.9 Å². The normalized spacial score (nSPS) is 30.2. The van der Waals surface area contributed by atoms with Gasteiger partial charge in [-0.1, -0.05) is 97.9 Å². The molecule has 0 aromatic carbocycles. The van der Waals surface area contributed by atoms with Gasteiger partial charge >= 0.3 is 0 Å². The van der Waals surface area contributed by atoms with Crippen LogP contribution >= 0.6 is 0 Å². The fraction of sp³-hybridized carbons (Fsp3) is 1.00. The lowest BCUT2D eigenvalue weighted by atomic mass is 9.81. The number of hydrogen-bond donors (Lipinski definition) is 0. The maximum absolute atomic E-state index is 13.5. The minimum Gasteiger partial charge on any atom is -0.206 e. The Kier molecular flexibility index (Phi) is 8.32. The van der Waals surface area contributed by atoms with Crippen LogP contribution < -0.4 is 0 Å². The summed E-state index contributed by atoms with van der Waals surface area (Å²) in [6.07, 6.45) is 1.45. The SMILES string of the molecule is C.C.CC(C)(C)C1C(C(C)(C)C)C1(F)F.CC(C)(C)C1CC1C(C)(C)C. The maximum Gasteiger partial charge on any atom is 0.255 e. The highest BCUT2D eigenvalue weighted by molar-refractivity contribution is 5.13. The van der Waals surface area contributed by atoms with Crippen molar-refractivity contribution in [1.82, 2.24) is 0 Å². The molecule has 0 aliphatic heterocycles. The van der Waals surface area contributed by atoms with Gasteiger partial charge in [-0.2, -0.15) is 0 Å². The third kappa shape index (κ3) is 6.48. The molecule has 0 aromatic heterocycles. The van der Waals surface area contributed by atoms with E-state index in [1.54, 1.807) is 0 Å². The van der Waals surface area contributed by atoms with E-state index in [0.717, 1.165) is 11.8 Å². The van der Waals surface area contributed by atoms with Crippen molar-refractivity contribution >= 4 is 0 Å². The van der Waals surface area contributed by atoms with Gasteiger partial charge in [0, 0.05) is 11.8 Å². The van der Waals surface area contributed by atoms with Gasteiger partial charge in [0.1, 0.15) is 0 Å². The number of rotatable bonds is 0. The van der Waals surface area contributed by atoms with Crippen molar-refractivity contribution in [2.45, 2.75) is 110 Å². The van der Waals surface area contributed by atoms with E-state index in [1.807, 2.05) is 41.5 Å². The van der Waals surface area contributed by atoms with Crippen LogP contribution in [0.15, 0.2) is 0 Å². The lowest BCUT2D eigenvalue weighted by Gasteiger charge is -2.24. The zero-order chi connectivity index (χ0) is 19.5. The Hall–Kier alpha value is -0.140. The zero-order valence-electron chi connectivity index (χ0n) is 18.3. The van der Waals surface area contributed by atoms with Crippen LogP contribution in [0.2, 0.25) is 0 Å². The largest absolute Gasteiger partial charge is 0.255 e.